The zero-order valence-corrected chi connectivity index (χ0v) is 25.1. The lowest BCUT2D eigenvalue weighted by molar-refractivity contribution is -0.127. The van der Waals surface area contributed by atoms with Gasteiger partial charge in [-0.05, 0) is 83.4 Å². The fraction of sp³-hybridized carbons (Fsp3) is 0.452. The van der Waals surface area contributed by atoms with E-state index in [-0.39, 0.29) is 17.5 Å². The first-order chi connectivity index (χ1) is 19.7. The Morgan fingerprint density at radius 2 is 1.80 bits per heavy atom. The smallest absolute Gasteiger partial charge is 0.270 e. The number of carbonyl (C=O) groups excluding carboxylic acids is 3. The average Bonchev–Trinajstić information content (AvgIpc) is 3.61. The van der Waals surface area contributed by atoms with Crippen molar-refractivity contribution >= 4 is 35.2 Å². The molecule has 220 valence electrons. The fourth-order valence-electron chi connectivity index (χ4n) is 5.13. The van der Waals surface area contributed by atoms with Gasteiger partial charge in [0.05, 0.1) is 5.54 Å². The van der Waals surface area contributed by atoms with Crippen molar-refractivity contribution < 1.29 is 14.4 Å². The molecule has 0 saturated carbocycles. The summed E-state index contributed by atoms with van der Waals surface area (Å²) < 4.78 is 0. The first-order valence-electron chi connectivity index (χ1n) is 14.4. The summed E-state index contributed by atoms with van der Waals surface area (Å²) in [5.74, 6) is -0.633. The maximum absolute atomic E-state index is 13.2. The molecule has 2 aliphatic heterocycles. The molecule has 5 N–H and O–H groups in total. The molecule has 0 aliphatic carbocycles. The topological polar surface area (TPSA) is 120 Å². The number of hydrogen-bond donors (Lipinski definition) is 4. The normalized spacial score (nSPS) is 18.9. The number of nitrogens with one attached hydrogen (secondary N) is 3. The molecular formula is C31H42N6O3S. The van der Waals surface area contributed by atoms with Crippen LogP contribution in [0.1, 0.15) is 56.0 Å². The molecule has 41 heavy (non-hydrogen) atoms. The molecule has 0 aromatic heterocycles. The summed E-state index contributed by atoms with van der Waals surface area (Å²) in [4.78, 5) is 43.0. The molecule has 9 nitrogen and oxygen atoms in total. The number of nitrogens with zero attached hydrogens (tertiary/aromatic N) is 2. The van der Waals surface area contributed by atoms with Crippen LogP contribution < -0.4 is 21.7 Å². The van der Waals surface area contributed by atoms with E-state index in [1.807, 2.05) is 63.2 Å². The summed E-state index contributed by atoms with van der Waals surface area (Å²) in [6.45, 7) is 10.4. The van der Waals surface area contributed by atoms with E-state index < -0.39 is 16.7 Å². The Morgan fingerprint density at radius 3 is 2.51 bits per heavy atom. The SMILES string of the molecule is CCN1C(=O)[C@@H](CNc2cccc(C(=O)NCCCN3CCCC3)c2)S/C1=C(/N)C(=O)NC(C)(C)c1ccccc1. The van der Waals surface area contributed by atoms with E-state index in [2.05, 4.69) is 20.9 Å². The van der Waals surface area contributed by atoms with Gasteiger partial charge in [0.15, 0.2) is 0 Å². The lowest BCUT2D eigenvalue weighted by Gasteiger charge is -2.27. The molecule has 3 amide bonds. The first kappa shape index (κ1) is 30.5. The highest BCUT2D eigenvalue weighted by Crippen LogP contribution is 2.36. The minimum Gasteiger partial charge on any atom is -0.392 e. The van der Waals surface area contributed by atoms with Gasteiger partial charge in [0.1, 0.15) is 16.0 Å². The van der Waals surface area contributed by atoms with Crippen LogP contribution in [-0.2, 0) is 15.1 Å². The molecule has 2 fully saturated rings. The first-order valence-corrected chi connectivity index (χ1v) is 15.3. The van der Waals surface area contributed by atoms with Gasteiger partial charge in [0.25, 0.3) is 11.8 Å². The van der Waals surface area contributed by atoms with Crippen LogP contribution in [0.15, 0.2) is 65.3 Å². The minimum atomic E-state index is -0.639. The van der Waals surface area contributed by atoms with E-state index in [4.69, 9.17) is 5.73 Å². The summed E-state index contributed by atoms with van der Waals surface area (Å²) in [5, 5.41) is 9.31. The third kappa shape index (κ3) is 7.83. The predicted octanol–water partition coefficient (Wildman–Crippen LogP) is 3.46. The number of rotatable bonds is 12. The number of thioether (sulfide) groups is 1. The molecule has 10 heteroatoms. The molecular weight excluding hydrogens is 536 g/mol. The molecule has 0 radical (unpaired) electrons. The van der Waals surface area contributed by atoms with Gasteiger partial charge < -0.3 is 31.5 Å². The number of hydrogen-bond acceptors (Lipinski definition) is 7. The van der Waals surface area contributed by atoms with Gasteiger partial charge in [-0.15, -0.1) is 0 Å². The van der Waals surface area contributed by atoms with Crippen molar-refractivity contribution in [1.82, 2.24) is 20.4 Å². The third-order valence-corrected chi connectivity index (χ3v) is 8.82. The van der Waals surface area contributed by atoms with E-state index in [9.17, 15) is 14.4 Å². The summed E-state index contributed by atoms with van der Waals surface area (Å²) >= 11 is 1.29. The minimum absolute atomic E-state index is 0.0279. The summed E-state index contributed by atoms with van der Waals surface area (Å²) in [6, 6.07) is 16.9. The third-order valence-electron chi connectivity index (χ3n) is 7.50. The quantitative estimate of drug-likeness (QED) is 0.225. The predicted molar refractivity (Wildman–Crippen MR) is 165 cm³/mol. The van der Waals surface area contributed by atoms with E-state index >= 15 is 0 Å². The van der Waals surface area contributed by atoms with Crippen LogP contribution >= 0.6 is 11.8 Å². The zero-order valence-electron chi connectivity index (χ0n) is 24.2. The van der Waals surface area contributed by atoms with Crippen molar-refractivity contribution in [3.8, 4) is 0 Å². The fourth-order valence-corrected chi connectivity index (χ4v) is 6.36. The van der Waals surface area contributed by atoms with E-state index in [0.717, 1.165) is 37.3 Å². The molecule has 1 atom stereocenters. The highest BCUT2D eigenvalue weighted by atomic mass is 32.2. The van der Waals surface area contributed by atoms with Crippen LogP contribution in [0.25, 0.3) is 0 Å². The Morgan fingerprint density at radius 1 is 1.07 bits per heavy atom. The van der Waals surface area contributed by atoms with Gasteiger partial charge in [0, 0.05) is 30.9 Å². The van der Waals surface area contributed by atoms with Crippen molar-refractivity contribution in [2.45, 2.75) is 50.8 Å². The maximum Gasteiger partial charge on any atom is 0.270 e. The van der Waals surface area contributed by atoms with Crippen LogP contribution in [-0.4, -0.2) is 72.0 Å². The van der Waals surface area contributed by atoms with Gasteiger partial charge in [-0.1, -0.05) is 48.2 Å². The number of likely N-dealkylation sites (tertiary alicyclic amines) is 1. The molecule has 2 heterocycles. The number of carbonyl (C=O) groups is 3. The van der Waals surface area contributed by atoms with E-state index in [1.54, 1.807) is 17.0 Å². The Bertz CT molecular complexity index is 1260. The average molecular weight is 579 g/mol. The Balaban J connectivity index is 1.33. The molecule has 2 aromatic rings. The maximum atomic E-state index is 13.2. The monoisotopic (exact) mass is 578 g/mol. The number of benzene rings is 2. The lowest BCUT2D eigenvalue weighted by atomic mass is 9.94. The van der Waals surface area contributed by atoms with Gasteiger partial charge in [-0.2, -0.15) is 0 Å². The second-order valence-electron chi connectivity index (χ2n) is 11.0. The van der Waals surface area contributed by atoms with Crippen LogP contribution in [0, 0.1) is 0 Å². The van der Waals surface area contributed by atoms with Crippen molar-refractivity contribution in [2.75, 3.05) is 44.6 Å². The molecule has 2 aliphatic rings. The van der Waals surface area contributed by atoms with Crippen molar-refractivity contribution in [3.05, 3.63) is 76.5 Å². The van der Waals surface area contributed by atoms with Gasteiger partial charge in [-0.25, -0.2) is 0 Å². The van der Waals surface area contributed by atoms with Crippen molar-refractivity contribution in [1.29, 1.82) is 0 Å². The Labute approximate surface area is 247 Å². The van der Waals surface area contributed by atoms with Crippen LogP contribution in [0.4, 0.5) is 5.69 Å². The standard InChI is InChI=1S/C31H42N6O3S/c1-4-37-29(40)25(41-30(37)26(32)28(39)35-31(2,3)23-13-6-5-7-14-23)21-34-24-15-10-12-22(20-24)27(38)33-16-11-19-36-17-8-9-18-36/h5-7,10,12-15,20,25,34H,4,8-9,11,16-19,21,32H2,1-3H3,(H,33,38)(H,35,39)/b30-26+/t25-/m1/s1. The van der Waals surface area contributed by atoms with Crippen LogP contribution in [0.5, 0.6) is 0 Å². The molecule has 2 saturated heterocycles. The molecule has 0 unspecified atom stereocenters. The Hall–Kier alpha value is -3.50. The van der Waals surface area contributed by atoms with Crippen LogP contribution in [0.2, 0.25) is 0 Å². The lowest BCUT2D eigenvalue weighted by Crippen LogP contribution is -2.44. The summed E-state index contributed by atoms with van der Waals surface area (Å²) in [5.41, 5.74) is 7.99. The second kappa shape index (κ2) is 13.9. The highest BCUT2D eigenvalue weighted by molar-refractivity contribution is 8.04. The van der Waals surface area contributed by atoms with E-state index in [1.165, 1.54) is 24.6 Å². The number of nitrogens with two attached hydrogens (primary N) is 1. The largest absolute Gasteiger partial charge is 0.392 e. The van der Waals surface area contributed by atoms with Gasteiger partial charge in [-0.3, -0.25) is 14.4 Å². The Kier molecular flexibility index (Phi) is 10.3. The molecule has 4 rings (SSSR count). The van der Waals surface area contributed by atoms with Crippen LogP contribution in [0.3, 0.4) is 0 Å². The van der Waals surface area contributed by atoms with Gasteiger partial charge in [0.2, 0.25) is 5.91 Å². The van der Waals surface area contributed by atoms with Crippen molar-refractivity contribution in [2.24, 2.45) is 5.73 Å². The van der Waals surface area contributed by atoms with Crippen molar-refractivity contribution in [3.63, 3.8) is 0 Å². The van der Waals surface area contributed by atoms with E-state index in [0.29, 0.717) is 30.2 Å². The molecule has 0 bridgehead atoms. The summed E-state index contributed by atoms with van der Waals surface area (Å²) in [6.07, 6.45) is 3.46. The molecule has 2 aromatic carbocycles. The number of amides is 3. The second-order valence-corrected chi connectivity index (χ2v) is 12.2. The number of anilines is 1. The zero-order chi connectivity index (χ0) is 29.4. The highest BCUT2D eigenvalue weighted by Gasteiger charge is 2.38. The summed E-state index contributed by atoms with van der Waals surface area (Å²) in [7, 11) is 0. The van der Waals surface area contributed by atoms with Gasteiger partial charge >= 0.3 is 0 Å². The molecule has 0 spiro atoms.